The van der Waals surface area contributed by atoms with Gasteiger partial charge in [0.25, 0.3) is 0 Å². The Hall–Kier alpha value is -0.970. The molecule has 0 saturated heterocycles. The summed E-state index contributed by atoms with van der Waals surface area (Å²) in [5.41, 5.74) is 6.53. The number of hydrogen-bond donors (Lipinski definition) is 2. The van der Waals surface area contributed by atoms with Crippen LogP contribution in [-0.4, -0.2) is 30.5 Å². The largest absolute Gasteiger partial charge is 0.395 e. The second-order valence-corrected chi connectivity index (χ2v) is 3.92. The van der Waals surface area contributed by atoms with E-state index in [2.05, 4.69) is 0 Å². The SMILES string of the molecule is CC(Cc1ccc(F)cc1)OC[C@H](N)CO. The van der Waals surface area contributed by atoms with Crippen molar-refractivity contribution in [2.45, 2.75) is 25.5 Å². The highest BCUT2D eigenvalue weighted by Crippen LogP contribution is 2.07. The van der Waals surface area contributed by atoms with Crippen molar-refractivity contribution in [1.29, 1.82) is 0 Å². The Morgan fingerprint density at radius 2 is 2.00 bits per heavy atom. The van der Waals surface area contributed by atoms with Gasteiger partial charge in [0.05, 0.1) is 25.4 Å². The summed E-state index contributed by atoms with van der Waals surface area (Å²) in [6, 6.07) is 6.00. The van der Waals surface area contributed by atoms with Crippen LogP contribution in [0.3, 0.4) is 0 Å². The molecule has 0 fully saturated rings. The number of ether oxygens (including phenoxy) is 1. The molecule has 4 heteroatoms. The molecule has 2 atom stereocenters. The van der Waals surface area contributed by atoms with Gasteiger partial charge in [-0.3, -0.25) is 0 Å². The molecule has 0 heterocycles. The van der Waals surface area contributed by atoms with E-state index in [1.807, 2.05) is 6.92 Å². The van der Waals surface area contributed by atoms with Crippen molar-refractivity contribution in [3.05, 3.63) is 35.6 Å². The number of hydrogen-bond acceptors (Lipinski definition) is 3. The molecule has 0 bridgehead atoms. The highest BCUT2D eigenvalue weighted by Gasteiger charge is 2.07. The maximum atomic E-state index is 12.6. The van der Waals surface area contributed by atoms with Crippen LogP contribution in [0.4, 0.5) is 4.39 Å². The Bertz CT molecular complexity index is 302. The third-order valence-corrected chi connectivity index (χ3v) is 2.27. The topological polar surface area (TPSA) is 55.5 Å². The fourth-order valence-electron chi connectivity index (χ4n) is 1.35. The van der Waals surface area contributed by atoms with E-state index in [0.29, 0.717) is 13.0 Å². The fraction of sp³-hybridized carbons (Fsp3) is 0.500. The predicted molar refractivity (Wildman–Crippen MR) is 60.6 cm³/mol. The van der Waals surface area contributed by atoms with Crippen LogP contribution in [0.25, 0.3) is 0 Å². The smallest absolute Gasteiger partial charge is 0.123 e. The zero-order chi connectivity index (χ0) is 12.0. The van der Waals surface area contributed by atoms with Gasteiger partial charge >= 0.3 is 0 Å². The van der Waals surface area contributed by atoms with Crippen LogP contribution >= 0.6 is 0 Å². The molecular formula is C12H18FNO2. The van der Waals surface area contributed by atoms with Crippen LogP contribution in [0, 0.1) is 5.82 Å². The second kappa shape index (κ2) is 6.58. The minimum absolute atomic E-state index is 0.00283. The van der Waals surface area contributed by atoms with Crippen molar-refractivity contribution in [1.82, 2.24) is 0 Å². The molecule has 16 heavy (non-hydrogen) atoms. The molecular weight excluding hydrogens is 209 g/mol. The lowest BCUT2D eigenvalue weighted by atomic mass is 10.1. The molecule has 3 nitrogen and oxygen atoms in total. The van der Waals surface area contributed by atoms with Gasteiger partial charge in [0.15, 0.2) is 0 Å². The van der Waals surface area contributed by atoms with Gasteiger partial charge in [-0.15, -0.1) is 0 Å². The summed E-state index contributed by atoms with van der Waals surface area (Å²) in [5, 5.41) is 8.72. The lowest BCUT2D eigenvalue weighted by Gasteiger charge is -2.15. The number of aliphatic hydroxyl groups excluding tert-OH is 1. The minimum atomic E-state index is -0.337. The Morgan fingerprint density at radius 1 is 1.38 bits per heavy atom. The van der Waals surface area contributed by atoms with E-state index >= 15 is 0 Å². The van der Waals surface area contributed by atoms with Crippen molar-refractivity contribution in [2.75, 3.05) is 13.2 Å². The highest BCUT2D eigenvalue weighted by molar-refractivity contribution is 5.16. The maximum absolute atomic E-state index is 12.6. The third-order valence-electron chi connectivity index (χ3n) is 2.27. The van der Waals surface area contributed by atoms with Gasteiger partial charge in [-0.05, 0) is 31.0 Å². The zero-order valence-corrected chi connectivity index (χ0v) is 9.40. The molecule has 0 aliphatic heterocycles. The average molecular weight is 227 g/mol. The molecule has 0 aliphatic carbocycles. The van der Waals surface area contributed by atoms with Gasteiger partial charge in [-0.2, -0.15) is 0 Å². The number of nitrogens with two attached hydrogens (primary N) is 1. The molecule has 0 saturated carbocycles. The predicted octanol–water partition coefficient (Wildman–Crippen LogP) is 1.09. The number of aliphatic hydroxyl groups is 1. The molecule has 1 rings (SSSR count). The minimum Gasteiger partial charge on any atom is -0.395 e. The van der Waals surface area contributed by atoms with Gasteiger partial charge in [-0.1, -0.05) is 12.1 Å². The van der Waals surface area contributed by atoms with E-state index in [-0.39, 0.29) is 24.6 Å². The lowest BCUT2D eigenvalue weighted by molar-refractivity contribution is 0.0458. The van der Waals surface area contributed by atoms with Crippen LogP contribution in [0.5, 0.6) is 0 Å². The highest BCUT2D eigenvalue weighted by atomic mass is 19.1. The molecule has 1 aromatic rings. The van der Waals surface area contributed by atoms with Crippen LogP contribution in [0.1, 0.15) is 12.5 Å². The maximum Gasteiger partial charge on any atom is 0.123 e. The van der Waals surface area contributed by atoms with E-state index in [1.54, 1.807) is 12.1 Å². The summed E-state index contributed by atoms with van der Waals surface area (Å²) in [7, 11) is 0. The van der Waals surface area contributed by atoms with Gasteiger partial charge in [0.1, 0.15) is 5.82 Å². The molecule has 90 valence electrons. The first-order valence-corrected chi connectivity index (χ1v) is 5.34. The Balaban J connectivity index is 2.33. The van der Waals surface area contributed by atoms with Crippen molar-refractivity contribution in [3.63, 3.8) is 0 Å². The first-order chi connectivity index (χ1) is 7.61. The Morgan fingerprint density at radius 3 is 2.56 bits per heavy atom. The molecule has 0 radical (unpaired) electrons. The van der Waals surface area contributed by atoms with E-state index < -0.39 is 0 Å². The quantitative estimate of drug-likeness (QED) is 0.765. The number of benzene rings is 1. The summed E-state index contributed by atoms with van der Waals surface area (Å²) in [6.45, 7) is 2.18. The van der Waals surface area contributed by atoms with Gasteiger partial charge in [0.2, 0.25) is 0 Å². The number of halogens is 1. The molecule has 0 aromatic heterocycles. The van der Waals surface area contributed by atoms with Gasteiger partial charge < -0.3 is 15.6 Å². The first kappa shape index (κ1) is 13.1. The Labute approximate surface area is 95.0 Å². The monoisotopic (exact) mass is 227 g/mol. The van der Waals surface area contributed by atoms with Crippen LogP contribution in [0.15, 0.2) is 24.3 Å². The molecule has 1 unspecified atom stereocenters. The van der Waals surface area contributed by atoms with Crippen LogP contribution in [0.2, 0.25) is 0 Å². The van der Waals surface area contributed by atoms with E-state index in [9.17, 15) is 4.39 Å². The molecule has 0 spiro atoms. The normalized spacial score (nSPS) is 14.8. The van der Waals surface area contributed by atoms with Crippen molar-refractivity contribution >= 4 is 0 Å². The van der Waals surface area contributed by atoms with Gasteiger partial charge in [-0.25, -0.2) is 4.39 Å². The summed E-state index contributed by atoms with van der Waals surface area (Å²) in [5.74, 6) is -0.236. The van der Waals surface area contributed by atoms with Gasteiger partial charge in [0, 0.05) is 0 Å². The first-order valence-electron chi connectivity index (χ1n) is 5.34. The Kier molecular flexibility index (Phi) is 5.38. The number of rotatable bonds is 6. The molecule has 1 aromatic carbocycles. The average Bonchev–Trinajstić information content (AvgIpc) is 2.29. The van der Waals surface area contributed by atoms with Crippen molar-refractivity contribution in [3.8, 4) is 0 Å². The molecule has 0 aliphatic rings. The summed E-state index contributed by atoms with van der Waals surface area (Å²) < 4.78 is 18.1. The fourth-order valence-corrected chi connectivity index (χ4v) is 1.35. The second-order valence-electron chi connectivity index (χ2n) is 3.92. The standard InChI is InChI=1S/C12H18FNO2/c1-9(16-8-12(14)7-15)6-10-2-4-11(13)5-3-10/h2-5,9,12,15H,6-8,14H2,1H3/t9?,12-/m1/s1. The molecule has 3 N–H and O–H groups in total. The van der Waals surface area contributed by atoms with Crippen LogP contribution in [-0.2, 0) is 11.2 Å². The van der Waals surface area contributed by atoms with Crippen molar-refractivity contribution in [2.24, 2.45) is 5.73 Å². The lowest BCUT2D eigenvalue weighted by Crippen LogP contribution is -2.32. The third kappa shape index (κ3) is 4.70. The van der Waals surface area contributed by atoms with E-state index in [1.165, 1.54) is 12.1 Å². The molecule has 0 amide bonds. The summed E-state index contributed by atoms with van der Waals surface area (Å²) >= 11 is 0. The van der Waals surface area contributed by atoms with E-state index in [4.69, 9.17) is 15.6 Å². The summed E-state index contributed by atoms with van der Waals surface area (Å²) in [6.07, 6.45) is 0.710. The van der Waals surface area contributed by atoms with Crippen LogP contribution < -0.4 is 5.73 Å². The van der Waals surface area contributed by atoms with Crippen molar-refractivity contribution < 1.29 is 14.2 Å². The zero-order valence-electron chi connectivity index (χ0n) is 9.40. The van der Waals surface area contributed by atoms with E-state index in [0.717, 1.165) is 5.56 Å². The summed E-state index contributed by atoms with van der Waals surface area (Å²) in [4.78, 5) is 0.